The second-order valence-corrected chi connectivity index (χ2v) is 5.14. The molecule has 18 heavy (non-hydrogen) atoms. The standard InChI is InChI=1S/C15H23NO2/c1-3-12-7-6-10-15(12,11-17)16-13-8-4-5-9-14(13)18-2/h4-5,8-9,12,16-17H,3,6-7,10-11H2,1-2H3. The van der Waals surface area contributed by atoms with Crippen LogP contribution in [0.15, 0.2) is 24.3 Å². The first kappa shape index (κ1) is 13.2. The van der Waals surface area contributed by atoms with Crippen molar-refractivity contribution in [2.45, 2.75) is 38.1 Å². The monoisotopic (exact) mass is 249 g/mol. The van der Waals surface area contributed by atoms with E-state index in [1.54, 1.807) is 7.11 Å². The van der Waals surface area contributed by atoms with Gasteiger partial charge in [0.25, 0.3) is 0 Å². The van der Waals surface area contributed by atoms with Crippen LogP contribution in [-0.4, -0.2) is 24.4 Å². The van der Waals surface area contributed by atoms with Crippen molar-refractivity contribution in [1.82, 2.24) is 0 Å². The Morgan fingerprint density at radius 2 is 2.22 bits per heavy atom. The van der Waals surface area contributed by atoms with E-state index in [9.17, 15) is 5.11 Å². The minimum atomic E-state index is -0.177. The summed E-state index contributed by atoms with van der Waals surface area (Å²) in [5.41, 5.74) is 0.804. The normalized spacial score (nSPS) is 27.2. The van der Waals surface area contributed by atoms with Gasteiger partial charge < -0.3 is 15.2 Å². The van der Waals surface area contributed by atoms with Gasteiger partial charge in [-0.1, -0.05) is 31.9 Å². The lowest BCUT2D eigenvalue weighted by Crippen LogP contribution is -2.45. The van der Waals surface area contributed by atoms with E-state index >= 15 is 0 Å². The van der Waals surface area contributed by atoms with Crippen molar-refractivity contribution in [3.8, 4) is 5.75 Å². The van der Waals surface area contributed by atoms with Crippen molar-refractivity contribution >= 4 is 5.69 Å². The number of hydrogen-bond donors (Lipinski definition) is 2. The maximum absolute atomic E-state index is 9.84. The fourth-order valence-electron chi connectivity index (χ4n) is 3.17. The second-order valence-electron chi connectivity index (χ2n) is 5.14. The molecule has 2 rings (SSSR count). The highest BCUT2D eigenvalue weighted by atomic mass is 16.5. The Labute approximate surface area is 109 Å². The van der Waals surface area contributed by atoms with E-state index in [1.165, 1.54) is 12.8 Å². The highest BCUT2D eigenvalue weighted by molar-refractivity contribution is 5.58. The molecule has 2 N–H and O–H groups in total. The molecule has 3 nitrogen and oxygen atoms in total. The lowest BCUT2D eigenvalue weighted by Gasteiger charge is -2.36. The van der Waals surface area contributed by atoms with Crippen molar-refractivity contribution in [1.29, 1.82) is 0 Å². The van der Waals surface area contributed by atoms with Crippen molar-refractivity contribution in [2.24, 2.45) is 5.92 Å². The van der Waals surface area contributed by atoms with Gasteiger partial charge in [-0.05, 0) is 30.9 Å². The number of nitrogens with one attached hydrogen (secondary N) is 1. The van der Waals surface area contributed by atoms with E-state index in [2.05, 4.69) is 12.2 Å². The van der Waals surface area contributed by atoms with Gasteiger partial charge in [0, 0.05) is 0 Å². The third-order valence-electron chi connectivity index (χ3n) is 4.22. The van der Waals surface area contributed by atoms with Crippen molar-refractivity contribution < 1.29 is 9.84 Å². The average molecular weight is 249 g/mol. The van der Waals surface area contributed by atoms with E-state index in [0.29, 0.717) is 5.92 Å². The van der Waals surface area contributed by atoms with E-state index in [1.807, 2.05) is 24.3 Å². The van der Waals surface area contributed by atoms with E-state index in [0.717, 1.165) is 24.3 Å². The first-order valence-corrected chi connectivity index (χ1v) is 6.78. The number of benzene rings is 1. The summed E-state index contributed by atoms with van der Waals surface area (Å²) in [6.45, 7) is 2.38. The quantitative estimate of drug-likeness (QED) is 0.842. The summed E-state index contributed by atoms with van der Waals surface area (Å²) in [7, 11) is 1.68. The molecule has 100 valence electrons. The molecule has 0 bridgehead atoms. The first-order chi connectivity index (χ1) is 8.75. The summed E-state index contributed by atoms with van der Waals surface area (Å²) in [6, 6.07) is 7.91. The molecule has 0 amide bonds. The first-order valence-electron chi connectivity index (χ1n) is 6.78. The molecular weight excluding hydrogens is 226 g/mol. The van der Waals surface area contributed by atoms with Gasteiger partial charge in [-0.3, -0.25) is 0 Å². The van der Waals surface area contributed by atoms with Gasteiger partial charge in [-0.15, -0.1) is 0 Å². The Morgan fingerprint density at radius 3 is 2.89 bits per heavy atom. The number of aliphatic hydroxyl groups is 1. The molecule has 0 radical (unpaired) electrons. The highest BCUT2D eigenvalue weighted by Gasteiger charge is 2.41. The summed E-state index contributed by atoms with van der Waals surface area (Å²) in [5, 5.41) is 13.4. The van der Waals surface area contributed by atoms with Gasteiger partial charge in [0.2, 0.25) is 0 Å². The zero-order valence-corrected chi connectivity index (χ0v) is 11.3. The summed E-state index contributed by atoms with van der Waals surface area (Å²) in [4.78, 5) is 0. The van der Waals surface area contributed by atoms with Gasteiger partial charge in [0.15, 0.2) is 0 Å². The van der Waals surface area contributed by atoms with Crippen LogP contribution in [0.4, 0.5) is 5.69 Å². The summed E-state index contributed by atoms with van der Waals surface area (Å²) >= 11 is 0. The number of rotatable bonds is 5. The molecule has 1 fully saturated rings. The molecule has 0 spiro atoms. The van der Waals surface area contributed by atoms with Crippen LogP contribution < -0.4 is 10.1 Å². The maximum atomic E-state index is 9.84. The van der Waals surface area contributed by atoms with E-state index in [4.69, 9.17) is 4.74 Å². The van der Waals surface area contributed by atoms with Crippen LogP contribution in [0.5, 0.6) is 5.75 Å². The molecule has 1 aromatic rings. The van der Waals surface area contributed by atoms with Crippen LogP contribution in [0.25, 0.3) is 0 Å². The van der Waals surface area contributed by atoms with Crippen LogP contribution in [0, 0.1) is 5.92 Å². The molecule has 1 aromatic carbocycles. The topological polar surface area (TPSA) is 41.5 Å². The minimum Gasteiger partial charge on any atom is -0.495 e. The zero-order chi connectivity index (χ0) is 13.0. The predicted octanol–water partition coefficient (Wildman–Crippen LogP) is 3.05. The van der Waals surface area contributed by atoms with Gasteiger partial charge >= 0.3 is 0 Å². The smallest absolute Gasteiger partial charge is 0.141 e. The zero-order valence-electron chi connectivity index (χ0n) is 11.3. The molecule has 2 unspecified atom stereocenters. The Morgan fingerprint density at radius 1 is 1.44 bits per heavy atom. The Bertz CT molecular complexity index is 394. The predicted molar refractivity (Wildman–Crippen MR) is 74.1 cm³/mol. The van der Waals surface area contributed by atoms with Crippen LogP contribution >= 0.6 is 0 Å². The molecular formula is C15H23NO2. The maximum Gasteiger partial charge on any atom is 0.141 e. The molecule has 1 aliphatic carbocycles. The fraction of sp³-hybridized carbons (Fsp3) is 0.600. The molecule has 0 aliphatic heterocycles. The molecule has 3 heteroatoms. The number of para-hydroxylation sites is 2. The lowest BCUT2D eigenvalue weighted by atomic mass is 9.85. The number of methoxy groups -OCH3 is 1. The third-order valence-corrected chi connectivity index (χ3v) is 4.22. The number of hydrogen-bond acceptors (Lipinski definition) is 3. The number of anilines is 1. The van der Waals surface area contributed by atoms with E-state index in [-0.39, 0.29) is 12.1 Å². The van der Waals surface area contributed by atoms with Crippen LogP contribution in [-0.2, 0) is 0 Å². The number of ether oxygens (including phenoxy) is 1. The van der Waals surface area contributed by atoms with Crippen LogP contribution in [0.2, 0.25) is 0 Å². The van der Waals surface area contributed by atoms with Crippen LogP contribution in [0.3, 0.4) is 0 Å². The minimum absolute atomic E-state index is 0.177. The molecule has 1 saturated carbocycles. The summed E-state index contributed by atoms with van der Waals surface area (Å²) in [5.74, 6) is 1.37. The van der Waals surface area contributed by atoms with Crippen molar-refractivity contribution in [3.63, 3.8) is 0 Å². The SMILES string of the molecule is CCC1CCCC1(CO)Nc1ccccc1OC. The molecule has 0 saturated heterocycles. The van der Waals surface area contributed by atoms with Gasteiger partial charge in [-0.25, -0.2) is 0 Å². The van der Waals surface area contributed by atoms with Crippen molar-refractivity contribution in [3.05, 3.63) is 24.3 Å². The fourth-order valence-corrected chi connectivity index (χ4v) is 3.17. The molecule has 1 aliphatic rings. The third kappa shape index (κ3) is 2.32. The largest absolute Gasteiger partial charge is 0.495 e. The molecule has 0 heterocycles. The Kier molecular flexibility index (Phi) is 4.12. The van der Waals surface area contributed by atoms with Gasteiger partial charge in [-0.2, -0.15) is 0 Å². The summed E-state index contributed by atoms with van der Waals surface area (Å²) in [6.07, 6.45) is 4.50. The summed E-state index contributed by atoms with van der Waals surface area (Å²) < 4.78 is 5.37. The van der Waals surface area contributed by atoms with Gasteiger partial charge in [0.1, 0.15) is 5.75 Å². The van der Waals surface area contributed by atoms with Gasteiger partial charge in [0.05, 0.1) is 24.9 Å². The van der Waals surface area contributed by atoms with E-state index < -0.39 is 0 Å². The Balaban J connectivity index is 2.24. The molecule has 2 atom stereocenters. The number of aliphatic hydroxyl groups excluding tert-OH is 1. The Hall–Kier alpha value is -1.22. The van der Waals surface area contributed by atoms with Crippen molar-refractivity contribution in [2.75, 3.05) is 19.0 Å². The second kappa shape index (κ2) is 5.61. The lowest BCUT2D eigenvalue weighted by molar-refractivity contribution is 0.174. The van der Waals surface area contributed by atoms with Crippen LogP contribution in [0.1, 0.15) is 32.6 Å². The molecule has 0 aromatic heterocycles. The highest BCUT2D eigenvalue weighted by Crippen LogP contribution is 2.41. The average Bonchev–Trinajstić information content (AvgIpc) is 2.82.